The maximum atomic E-state index is 13.9. The van der Waals surface area contributed by atoms with E-state index in [0.29, 0.717) is 6.42 Å². The lowest BCUT2D eigenvalue weighted by atomic mass is 9.70. The molecule has 0 unspecified atom stereocenters. The van der Waals surface area contributed by atoms with Crippen molar-refractivity contribution in [1.29, 1.82) is 0 Å². The zero-order valence-corrected chi connectivity index (χ0v) is 18.7. The molecular formula is C27H28F2N2O2. The highest BCUT2D eigenvalue weighted by Gasteiger charge is 2.38. The maximum absolute atomic E-state index is 13.9. The molecule has 1 saturated carbocycles. The van der Waals surface area contributed by atoms with Gasteiger partial charge in [-0.05, 0) is 79.8 Å². The van der Waals surface area contributed by atoms with Crippen molar-refractivity contribution in [3.8, 4) is 5.75 Å². The molecule has 0 spiro atoms. The number of hydrogen-bond acceptors (Lipinski definition) is 3. The minimum Gasteiger partial charge on any atom is -0.497 e. The van der Waals surface area contributed by atoms with Crippen LogP contribution in [0.5, 0.6) is 5.75 Å². The van der Waals surface area contributed by atoms with Gasteiger partial charge in [0.2, 0.25) is 5.91 Å². The number of carbonyl (C=O) groups is 1. The number of aromatic nitrogens is 1. The summed E-state index contributed by atoms with van der Waals surface area (Å²) < 4.78 is 32.7. The first-order chi connectivity index (χ1) is 16.0. The van der Waals surface area contributed by atoms with Gasteiger partial charge in [-0.15, -0.1) is 0 Å². The number of halogens is 2. The number of pyridine rings is 1. The molecule has 1 amide bonds. The Bertz CT molecular complexity index is 1170. The van der Waals surface area contributed by atoms with Crippen LogP contribution in [0.15, 0.2) is 54.9 Å². The van der Waals surface area contributed by atoms with Crippen molar-refractivity contribution in [1.82, 2.24) is 10.3 Å². The molecule has 4 nitrogen and oxygen atoms in total. The van der Waals surface area contributed by atoms with Crippen molar-refractivity contribution in [3.63, 3.8) is 0 Å². The molecule has 2 aromatic carbocycles. The van der Waals surface area contributed by atoms with Crippen molar-refractivity contribution in [2.75, 3.05) is 7.11 Å². The van der Waals surface area contributed by atoms with Crippen molar-refractivity contribution < 1.29 is 18.3 Å². The molecule has 1 heterocycles. The number of carbonyl (C=O) groups excluding carboxylic acids is 1. The molecule has 0 aliphatic heterocycles. The lowest BCUT2D eigenvalue weighted by Gasteiger charge is -2.35. The van der Waals surface area contributed by atoms with E-state index in [-0.39, 0.29) is 11.5 Å². The summed E-state index contributed by atoms with van der Waals surface area (Å²) in [5.74, 6) is -0.343. The van der Waals surface area contributed by atoms with Gasteiger partial charge in [0.25, 0.3) is 0 Å². The Morgan fingerprint density at radius 1 is 1.12 bits per heavy atom. The summed E-state index contributed by atoms with van der Waals surface area (Å²) in [6.45, 7) is 0. The van der Waals surface area contributed by atoms with Crippen LogP contribution in [0.25, 0.3) is 17.0 Å². The average Bonchev–Trinajstić information content (AvgIpc) is 2.85. The first-order valence-electron chi connectivity index (χ1n) is 11.3. The predicted molar refractivity (Wildman–Crippen MR) is 126 cm³/mol. The molecule has 1 aliphatic carbocycles. The van der Waals surface area contributed by atoms with Gasteiger partial charge >= 0.3 is 0 Å². The second kappa shape index (κ2) is 10.1. The zero-order chi connectivity index (χ0) is 23.3. The third-order valence-electron chi connectivity index (χ3n) is 6.64. The van der Waals surface area contributed by atoms with Crippen LogP contribution in [0, 0.1) is 17.0 Å². The largest absolute Gasteiger partial charge is 0.497 e. The van der Waals surface area contributed by atoms with E-state index in [9.17, 15) is 13.6 Å². The minimum atomic E-state index is -0.533. The van der Waals surface area contributed by atoms with Crippen molar-refractivity contribution >= 4 is 22.9 Å². The molecule has 4 rings (SSSR count). The molecule has 3 aromatic rings. The predicted octanol–water partition coefficient (Wildman–Crippen LogP) is 6.19. The zero-order valence-electron chi connectivity index (χ0n) is 18.7. The first-order valence-corrected chi connectivity index (χ1v) is 11.3. The lowest BCUT2D eigenvalue weighted by molar-refractivity contribution is -0.132. The smallest absolute Gasteiger partial charge is 0.230 e. The van der Waals surface area contributed by atoms with Gasteiger partial charge < -0.3 is 10.1 Å². The van der Waals surface area contributed by atoms with Gasteiger partial charge in [0.05, 0.1) is 12.6 Å². The Morgan fingerprint density at radius 3 is 2.73 bits per heavy atom. The molecule has 1 fully saturated rings. The highest BCUT2D eigenvalue weighted by atomic mass is 19.1. The van der Waals surface area contributed by atoms with Crippen molar-refractivity contribution in [3.05, 3.63) is 77.6 Å². The minimum absolute atomic E-state index is 0.0637. The Labute approximate surface area is 192 Å². The van der Waals surface area contributed by atoms with E-state index >= 15 is 0 Å². The number of nitrogens with one attached hydrogen (secondary N) is 1. The van der Waals surface area contributed by atoms with E-state index in [2.05, 4.69) is 10.3 Å². The monoisotopic (exact) mass is 450 g/mol. The van der Waals surface area contributed by atoms with Crippen LogP contribution < -0.4 is 10.1 Å². The number of aryl methyl sites for hydroxylation is 1. The summed E-state index contributed by atoms with van der Waals surface area (Å²) in [5, 5.41) is 3.87. The van der Waals surface area contributed by atoms with E-state index in [0.717, 1.165) is 78.9 Å². The van der Waals surface area contributed by atoms with Gasteiger partial charge in [-0.25, -0.2) is 8.78 Å². The molecule has 1 aliphatic rings. The van der Waals surface area contributed by atoms with Gasteiger partial charge in [-0.2, -0.15) is 0 Å². The fraction of sp³-hybridized carbons (Fsp3) is 0.333. The summed E-state index contributed by atoms with van der Waals surface area (Å²) in [6, 6.07) is 11.1. The van der Waals surface area contributed by atoms with Gasteiger partial charge in [0.1, 0.15) is 17.4 Å². The van der Waals surface area contributed by atoms with E-state index in [1.54, 1.807) is 13.3 Å². The van der Waals surface area contributed by atoms with Crippen LogP contribution in [0.2, 0.25) is 0 Å². The van der Waals surface area contributed by atoms with Crippen molar-refractivity contribution in [2.45, 2.75) is 44.9 Å². The van der Waals surface area contributed by atoms with Gasteiger partial charge in [0.15, 0.2) is 0 Å². The Balaban J connectivity index is 1.52. The molecule has 172 valence electrons. The number of benzene rings is 2. The van der Waals surface area contributed by atoms with Crippen LogP contribution in [0.1, 0.15) is 49.7 Å². The highest BCUT2D eigenvalue weighted by Crippen LogP contribution is 2.41. The van der Waals surface area contributed by atoms with Crippen LogP contribution in [-0.4, -0.2) is 18.0 Å². The van der Waals surface area contributed by atoms with Gasteiger partial charge in [0, 0.05) is 28.8 Å². The third-order valence-corrected chi connectivity index (χ3v) is 6.64. The molecule has 0 bridgehead atoms. The molecule has 0 saturated heterocycles. The topological polar surface area (TPSA) is 51.2 Å². The first kappa shape index (κ1) is 22.9. The lowest BCUT2D eigenvalue weighted by Crippen LogP contribution is -2.40. The van der Waals surface area contributed by atoms with Gasteiger partial charge in [-0.3, -0.25) is 9.78 Å². The molecule has 1 N–H and O–H groups in total. The van der Waals surface area contributed by atoms with Crippen molar-refractivity contribution in [2.24, 2.45) is 5.41 Å². The number of fused-ring (bicyclic) bond motifs is 1. The Hall–Kier alpha value is -3.28. The molecular weight excluding hydrogens is 422 g/mol. The number of rotatable bonds is 7. The van der Waals surface area contributed by atoms with E-state index < -0.39 is 17.0 Å². The number of amides is 1. The molecule has 1 aromatic heterocycles. The summed E-state index contributed by atoms with van der Waals surface area (Å²) in [4.78, 5) is 17.7. The number of hydrogen-bond donors (Lipinski definition) is 1. The fourth-order valence-corrected chi connectivity index (χ4v) is 4.72. The quantitative estimate of drug-likeness (QED) is 0.467. The van der Waals surface area contributed by atoms with Crippen LogP contribution in [0.4, 0.5) is 8.78 Å². The van der Waals surface area contributed by atoms with E-state index in [1.165, 1.54) is 12.3 Å². The molecule has 6 heteroatoms. The third kappa shape index (κ3) is 5.21. The standard InChI is InChI=1S/C27H28F2N2O2/c1-33-22-6-8-25-23(18-22)19(10-15-30-25)9-14-27(12-3-2-4-13-27)26(32)31-16-11-20-17-21(28)5-7-24(20)29/h5-8,10-11,15-18H,2-4,9,12-14H2,1H3,(H,31,32). The molecule has 33 heavy (non-hydrogen) atoms. The van der Waals surface area contributed by atoms with E-state index in [4.69, 9.17) is 4.74 Å². The van der Waals surface area contributed by atoms with Crippen LogP contribution >= 0.6 is 0 Å². The Morgan fingerprint density at radius 2 is 1.94 bits per heavy atom. The normalized spacial score (nSPS) is 15.6. The second-order valence-electron chi connectivity index (χ2n) is 8.67. The van der Waals surface area contributed by atoms with Crippen LogP contribution in [-0.2, 0) is 11.2 Å². The van der Waals surface area contributed by atoms with E-state index in [1.807, 2.05) is 24.3 Å². The maximum Gasteiger partial charge on any atom is 0.230 e. The highest BCUT2D eigenvalue weighted by molar-refractivity contribution is 5.85. The summed E-state index contributed by atoms with van der Waals surface area (Å²) in [6.07, 6.45) is 10.8. The average molecular weight is 451 g/mol. The van der Waals surface area contributed by atoms with Gasteiger partial charge in [-0.1, -0.05) is 19.3 Å². The SMILES string of the molecule is COc1ccc2nccc(CCC3(C(=O)NC=Cc4cc(F)ccc4F)CCCCC3)c2c1. The number of ether oxygens (including phenoxy) is 1. The van der Waals surface area contributed by atoms with Crippen LogP contribution in [0.3, 0.4) is 0 Å². The fourth-order valence-electron chi connectivity index (χ4n) is 4.72. The molecule has 0 atom stereocenters. The molecule has 0 radical (unpaired) electrons. The second-order valence-corrected chi connectivity index (χ2v) is 8.67. The summed E-state index contributed by atoms with van der Waals surface area (Å²) in [5.41, 5.74) is 1.65. The number of methoxy groups -OCH3 is 1. The summed E-state index contributed by atoms with van der Waals surface area (Å²) in [7, 11) is 1.64. The summed E-state index contributed by atoms with van der Waals surface area (Å²) >= 11 is 0. The Kier molecular flexibility index (Phi) is 7.02. The number of nitrogens with zero attached hydrogens (tertiary/aromatic N) is 1.